The molecular formula is C17H18N4. The van der Waals surface area contributed by atoms with Gasteiger partial charge < -0.3 is 4.90 Å². The second kappa shape index (κ2) is 5.20. The van der Waals surface area contributed by atoms with Gasteiger partial charge in [0.2, 0.25) is 0 Å². The van der Waals surface area contributed by atoms with Gasteiger partial charge in [-0.3, -0.25) is 0 Å². The minimum atomic E-state index is 0.898. The molecule has 0 atom stereocenters. The molecule has 0 spiro atoms. The number of nitrogens with zero attached hydrogens (tertiary/aromatic N) is 4. The number of rotatable bonds is 2. The molecule has 1 aliphatic heterocycles. The number of piperidine rings is 1. The third-order valence-electron chi connectivity index (χ3n) is 4.06. The molecule has 0 radical (unpaired) electrons. The van der Waals surface area contributed by atoms with Crippen LogP contribution in [-0.4, -0.2) is 27.7 Å². The Morgan fingerprint density at radius 3 is 2.48 bits per heavy atom. The number of hydrogen-bond donors (Lipinski definition) is 0. The van der Waals surface area contributed by atoms with Gasteiger partial charge in [0.1, 0.15) is 5.82 Å². The number of anilines is 1. The minimum Gasteiger partial charge on any atom is -0.355 e. The van der Waals surface area contributed by atoms with Crippen molar-refractivity contribution in [3.8, 4) is 11.3 Å². The molecule has 1 saturated heterocycles. The van der Waals surface area contributed by atoms with Crippen molar-refractivity contribution in [3.05, 3.63) is 48.7 Å². The molecule has 0 saturated carbocycles. The largest absolute Gasteiger partial charge is 0.355 e. The van der Waals surface area contributed by atoms with E-state index < -0.39 is 0 Å². The van der Waals surface area contributed by atoms with Gasteiger partial charge in [-0.2, -0.15) is 0 Å². The van der Waals surface area contributed by atoms with Crippen molar-refractivity contribution in [1.82, 2.24) is 14.6 Å². The molecule has 0 N–H and O–H groups in total. The van der Waals surface area contributed by atoms with E-state index in [0.717, 1.165) is 35.8 Å². The number of hydrogen-bond acceptors (Lipinski definition) is 3. The predicted octanol–water partition coefficient (Wildman–Crippen LogP) is 3.39. The van der Waals surface area contributed by atoms with Crippen LogP contribution in [-0.2, 0) is 0 Å². The molecular weight excluding hydrogens is 260 g/mol. The molecule has 0 unspecified atom stereocenters. The maximum atomic E-state index is 4.73. The number of benzene rings is 1. The van der Waals surface area contributed by atoms with Gasteiger partial charge in [-0.1, -0.05) is 30.3 Å². The molecule has 0 aliphatic carbocycles. The van der Waals surface area contributed by atoms with E-state index >= 15 is 0 Å². The number of aromatic nitrogens is 3. The summed E-state index contributed by atoms with van der Waals surface area (Å²) in [6.45, 7) is 2.22. The van der Waals surface area contributed by atoms with Crippen molar-refractivity contribution >= 4 is 11.5 Å². The quantitative estimate of drug-likeness (QED) is 0.720. The molecule has 0 bridgehead atoms. The lowest BCUT2D eigenvalue weighted by molar-refractivity contribution is 0.570. The van der Waals surface area contributed by atoms with Gasteiger partial charge >= 0.3 is 0 Å². The van der Waals surface area contributed by atoms with Crippen molar-refractivity contribution < 1.29 is 0 Å². The van der Waals surface area contributed by atoms with Crippen LogP contribution in [0.15, 0.2) is 48.7 Å². The molecule has 4 nitrogen and oxygen atoms in total. The first-order chi connectivity index (χ1) is 10.4. The second-order valence-electron chi connectivity index (χ2n) is 5.53. The van der Waals surface area contributed by atoms with Crippen LogP contribution < -0.4 is 4.90 Å². The first-order valence-corrected chi connectivity index (χ1v) is 7.57. The molecule has 4 rings (SSSR count). The standard InChI is InChI=1S/C17H18N4/c1-3-7-14(8-4-1)15-13-21-16(18-15)9-10-17(19-21)20-11-5-2-6-12-20/h1,3-4,7-10,13H,2,5-6,11-12H2. The highest BCUT2D eigenvalue weighted by Crippen LogP contribution is 2.21. The summed E-state index contributed by atoms with van der Waals surface area (Å²) in [5, 5.41) is 4.73. The van der Waals surface area contributed by atoms with Gasteiger partial charge in [-0.25, -0.2) is 9.50 Å². The van der Waals surface area contributed by atoms with Gasteiger partial charge in [0.05, 0.1) is 11.9 Å². The lowest BCUT2D eigenvalue weighted by atomic mass is 10.1. The topological polar surface area (TPSA) is 33.4 Å². The summed E-state index contributed by atoms with van der Waals surface area (Å²) in [5.74, 6) is 1.05. The molecule has 4 heteroatoms. The monoisotopic (exact) mass is 278 g/mol. The highest BCUT2D eigenvalue weighted by molar-refractivity contribution is 5.62. The zero-order chi connectivity index (χ0) is 14.1. The van der Waals surface area contributed by atoms with Crippen molar-refractivity contribution in [3.63, 3.8) is 0 Å². The van der Waals surface area contributed by atoms with Crippen LogP contribution in [0.2, 0.25) is 0 Å². The third kappa shape index (κ3) is 2.37. The Bertz CT molecular complexity index is 742. The first-order valence-electron chi connectivity index (χ1n) is 7.57. The molecule has 106 valence electrons. The highest BCUT2D eigenvalue weighted by Gasteiger charge is 2.13. The van der Waals surface area contributed by atoms with Gasteiger partial charge in [0.25, 0.3) is 0 Å². The molecule has 1 aromatic carbocycles. The van der Waals surface area contributed by atoms with Crippen molar-refractivity contribution in [1.29, 1.82) is 0 Å². The number of fused-ring (bicyclic) bond motifs is 1. The van der Waals surface area contributed by atoms with Gasteiger partial charge in [-0.15, -0.1) is 5.10 Å². The maximum absolute atomic E-state index is 4.73. The zero-order valence-electron chi connectivity index (χ0n) is 11.9. The smallest absolute Gasteiger partial charge is 0.154 e. The Hall–Kier alpha value is -2.36. The Morgan fingerprint density at radius 2 is 1.67 bits per heavy atom. The Kier molecular flexibility index (Phi) is 3.07. The minimum absolute atomic E-state index is 0.898. The Balaban J connectivity index is 1.71. The Morgan fingerprint density at radius 1 is 0.857 bits per heavy atom. The van der Waals surface area contributed by atoms with E-state index in [1.807, 2.05) is 28.9 Å². The third-order valence-corrected chi connectivity index (χ3v) is 4.06. The molecule has 3 aromatic rings. The maximum Gasteiger partial charge on any atom is 0.154 e. The molecule has 0 amide bonds. The fraction of sp³-hybridized carbons (Fsp3) is 0.294. The van der Waals surface area contributed by atoms with Crippen LogP contribution in [0.4, 0.5) is 5.82 Å². The van der Waals surface area contributed by atoms with E-state index in [0.29, 0.717) is 0 Å². The van der Waals surface area contributed by atoms with Gasteiger partial charge in [-0.05, 0) is 31.4 Å². The lowest BCUT2D eigenvalue weighted by Crippen LogP contribution is -2.30. The predicted molar refractivity (Wildman–Crippen MR) is 84.5 cm³/mol. The van der Waals surface area contributed by atoms with Crippen LogP contribution in [0.3, 0.4) is 0 Å². The van der Waals surface area contributed by atoms with E-state index in [9.17, 15) is 0 Å². The summed E-state index contributed by atoms with van der Waals surface area (Å²) in [6.07, 6.45) is 5.87. The fourth-order valence-electron chi connectivity index (χ4n) is 2.91. The van der Waals surface area contributed by atoms with Crippen LogP contribution in [0.5, 0.6) is 0 Å². The second-order valence-corrected chi connectivity index (χ2v) is 5.53. The first kappa shape index (κ1) is 12.4. The normalized spacial score (nSPS) is 15.5. The van der Waals surface area contributed by atoms with Crippen LogP contribution in [0, 0.1) is 0 Å². The van der Waals surface area contributed by atoms with Gasteiger partial charge in [0.15, 0.2) is 5.65 Å². The summed E-state index contributed by atoms with van der Waals surface area (Å²) in [4.78, 5) is 7.02. The average molecular weight is 278 g/mol. The van der Waals surface area contributed by atoms with Crippen molar-refractivity contribution in [2.24, 2.45) is 0 Å². The van der Waals surface area contributed by atoms with Crippen LogP contribution >= 0.6 is 0 Å². The fourth-order valence-corrected chi connectivity index (χ4v) is 2.91. The summed E-state index contributed by atoms with van der Waals surface area (Å²) in [6, 6.07) is 14.4. The zero-order valence-corrected chi connectivity index (χ0v) is 11.9. The van der Waals surface area contributed by atoms with E-state index in [2.05, 4.69) is 34.1 Å². The summed E-state index contributed by atoms with van der Waals surface area (Å²) < 4.78 is 1.90. The molecule has 21 heavy (non-hydrogen) atoms. The Labute approximate surface area is 124 Å². The highest BCUT2D eigenvalue weighted by atomic mass is 15.3. The average Bonchev–Trinajstić information content (AvgIpc) is 2.99. The number of imidazole rings is 1. The molecule has 1 fully saturated rings. The van der Waals surface area contributed by atoms with E-state index in [-0.39, 0.29) is 0 Å². The van der Waals surface area contributed by atoms with Crippen LogP contribution in [0.25, 0.3) is 16.9 Å². The van der Waals surface area contributed by atoms with E-state index in [1.165, 1.54) is 19.3 Å². The molecule has 3 heterocycles. The molecule has 1 aliphatic rings. The van der Waals surface area contributed by atoms with Crippen molar-refractivity contribution in [2.45, 2.75) is 19.3 Å². The van der Waals surface area contributed by atoms with Crippen LogP contribution in [0.1, 0.15) is 19.3 Å². The van der Waals surface area contributed by atoms with E-state index in [1.54, 1.807) is 0 Å². The van der Waals surface area contributed by atoms with E-state index in [4.69, 9.17) is 5.10 Å². The summed E-state index contributed by atoms with van der Waals surface area (Å²) in [5.41, 5.74) is 3.00. The summed E-state index contributed by atoms with van der Waals surface area (Å²) in [7, 11) is 0. The SMILES string of the molecule is c1ccc(-c2cn3nc(N4CCCCC4)ccc3n2)cc1. The summed E-state index contributed by atoms with van der Waals surface area (Å²) >= 11 is 0. The lowest BCUT2D eigenvalue weighted by Gasteiger charge is -2.27. The van der Waals surface area contributed by atoms with Crippen molar-refractivity contribution in [2.75, 3.05) is 18.0 Å². The molecule has 2 aromatic heterocycles. The van der Waals surface area contributed by atoms with Gasteiger partial charge in [0, 0.05) is 18.7 Å².